The summed E-state index contributed by atoms with van der Waals surface area (Å²) in [7, 11) is -3.96. The molecular formula is C19H23ClF3N3O2S. The molecule has 1 unspecified atom stereocenters. The minimum Gasteiger partial charge on any atom is -0.367 e. The summed E-state index contributed by atoms with van der Waals surface area (Å²) in [5.41, 5.74) is 1.17. The van der Waals surface area contributed by atoms with E-state index < -0.39 is 28.4 Å². The van der Waals surface area contributed by atoms with Gasteiger partial charge in [-0.15, -0.1) is 0 Å². The molecule has 1 aromatic carbocycles. The highest BCUT2D eigenvalue weighted by Crippen LogP contribution is 2.34. The third-order valence-electron chi connectivity index (χ3n) is 5.69. The van der Waals surface area contributed by atoms with E-state index in [1.165, 1.54) is 4.31 Å². The fourth-order valence-corrected chi connectivity index (χ4v) is 5.53. The lowest BCUT2D eigenvalue weighted by atomic mass is 9.84. The summed E-state index contributed by atoms with van der Waals surface area (Å²) in [5.74, 6) is -0.422. The van der Waals surface area contributed by atoms with Gasteiger partial charge in [-0.3, -0.25) is 0 Å². The van der Waals surface area contributed by atoms with Crippen molar-refractivity contribution in [3.63, 3.8) is 0 Å². The number of alkyl halides is 3. The van der Waals surface area contributed by atoms with Crippen LogP contribution in [-0.4, -0.2) is 50.3 Å². The van der Waals surface area contributed by atoms with Crippen molar-refractivity contribution in [3.8, 4) is 6.07 Å². The molecule has 1 aliphatic heterocycles. The molecule has 0 N–H and O–H groups in total. The number of anilines is 1. The number of hydrogen-bond acceptors (Lipinski definition) is 4. The molecule has 1 heterocycles. The van der Waals surface area contributed by atoms with E-state index >= 15 is 0 Å². The molecule has 1 saturated carbocycles. The second-order valence-corrected chi connectivity index (χ2v) is 10.2. The van der Waals surface area contributed by atoms with E-state index in [-0.39, 0.29) is 19.1 Å². The zero-order valence-corrected chi connectivity index (χ0v) is 17.4. The molecule has 0 bridgehead atoms. The number of halogens is 4. The molecule has 2 fully saturated rings. The molecule has 0 amide bonds. The molecule has 1 aliphatic carbocycles. The Balaban J connectivity index is 1.75. The van der Waals surface area contributed by atoms with Crippen molar-refractivity contribution in [2.45, 2.75) is 44.3 Å². The fraction of sp³-hybridized carbons (Fsp3) is 0.632. The standard InChI is InChI=1S/C19H23ClF3N3O2S/c20-18-10-16(5-4-15(18)11-24)26(12-14-2-1-3-14)17-6-8-25(13-17)29(27,28)9-7-19(21,22)23/h4-5,10,14,17H,1-3,6-9,12-13H2. The van der Waals surface area contributed by atoms with Gasteiger partial charge in [0.25, 0.3) is 0 Å². The van der Waals surface area contributed by atoms with Gasteiger partial charge in [-0.2, -0.15) is 22.7 Å². The molecule has 2 aliphatic rings. The van der Waals surface area contributed by atoms with E-state index in [0.29, 0.717) is 22.9 Å². The smallest absolute Gasteiger partial charge is 0.367 e. The predicted octanol–water partition coefficient (Wildman–Crippen LogP) is 4.17. The Labute approximate surface area is 174 Å². The Hall–Kier alpha value is -1.50. The van der Waals surface area contributed by atoms with Crippen LogP contribution in [0.3, 0.4) is 0 Å². The van der Waals surface area contributed by atoms with Crippen LogP contribution >= 0.6 is 11.6 Å². The third kappa shape index (κ3) is 5.56. The second-order valence-electron chi connectivity index (χ2n) is 7.71. The van der Waals surface area contributed by atoms with Gasteiger partial charge in [0.05, 0.1) is 22.8 Å². The Morgan fingerprint density at radius 2 is 2.00 bits per heavy atom. The van der Waals surface area contributed by atoms with Gasteiger partial charge in [0, 0.05) is 31.4 Å². The third-order valence-corrected chi connectivity index (χ3v) is 7.84. The summed E-state index contributed by atoms with van der Waals surface area (Å²) >= 11 is 6.19. The van der Waals surface area contributed by atoms with Gasteiger partial charge in [0.15, 0.2) is 0 Å². The van der Waals surface area contributed by atoms with Crippen molar-refractivity contribution < 1.29 is 21.6 Å². The van der Waals surface area contributed by atoms with Crippen molar-refractivity contribution >= 4 is 27.3 Å². The zero-order valence-electron chi connectivity index (χ0n) is 15.8. The van der Waals surface area contributed by atoms with Gasteiger partial charge in [-0.25, -0.2) is 8.42 Å². The Morgan fingerprint density at radius 1 is 1.28 bits per heavy atom. The first-order valence-electron chi connectivity index (χ1n) is 9.60. The van der Waals surface area contributed by atoms with Crippen LogP contribution in [0.25, 0.3) is 0 Å². The maximum absolute atomic E-state index is 12.5. The molecule has 160 valence electrons. The van der Waals surface area contributed by atoms with Crippen LogP contribution in [0, 0.1) is 17.2 Å². The molecule has 0 aromatic heterocycles. The van der Waals surface area contributed by atoms with E-state index in [1.807, 2.05) is 6.07 Å². The molecule has 0 radical (unpaired) electrons. The van der Waals surface area contributed by atoms with Crippen LogP contribution in [0.2, 0.25) is 5.02 Å². The van der Waals surface area contributed by atoms with Gasteiger partial charge in [-0.1, -0.05) is 18.0 Å². The van der Waals surface area contributed by atoms with Crippen LogP contribution in [0.15, 0.2) is 18.2 Å². The number of benzene rings is 1. The van der Waals surface area contributed by atoms with Crippen LogP contribution in [0.1, 0.15) is 37.7 Å². The van der Waals surface area contributed by atoms with Crippen LogP contribution in [-0.2, 0) is 10.0 Å². The highest BCUT2D eigenvalue weighted by Gasteiger charge is 2.38. The average Bonchev–Trinajstić information content (AvgIpc) is 3.09. The lowest BCUT2D eigenvalue weighted by Crippen LogP contribution is -2.43. The SMILES string of the molecule is N#Cc1ccc(N(CC2CCC2)C2CCN(S(=O)(=O)CCC(F)(F)F)C2)cc1Cl. The van der Waals surface area contributed by atoms with E-state index in [2.05, 4.69) is 4.90 Å². The molecule has 0 spiro atoms. The summed E-state index contributed by atoms with van der Waals surface area (Å²) in [6.45, 7) is 1.10. The van der Waals surface area contributed by atoms with Gasteiger partial charge < -0.3 is 4.90 Å². The quantitative estimate of drug-likeness (QED) is 0.626. The molecule has 29 heavy (non-hydrogen) atoms. The van der Waals surface area contributed by atoms with Crippen molar-refractivity contribution in [2.24, 2.45) is 5.92 Å². The van der Waals surface area contributed by atoms with Crippen molar-refractivity contribution in [3.05, 3.63) is 28.8 Å². The topological polar surface area (TPSA) is 64.4 Å². The first-order valence-corrected chi connectivity index (χ1v) is 11.6. The molecule has 1 aromatic rings. The number of sulfonamides is 1. The van der Waals surface area contributed by atoms with Crippen LogP contribution in [0.4, 0.5) is 18.9 Å². The van der Waals surface area contributed by atoms with Gasteiger partial charge in [0.1, 0.15) is 6.07 Å². The average molecular weight is 450 g/mol. The van der Waals surface area contributed by atoms with E-state index in [9.17, 15) is 21.6 Å². The van der Waals surface area contributed by atoms with E-state index in [0.717, 1.165) is 31.5 Å². The van der Waals surface area contributed by atoms with Gasteiger partial charge in [-0.05, 0) is 43.4 Å². The first-order chi connectivity index (χ1) is 13.6. The highest BCUT2D eigenvalue weighted by molar-refractivity contribution is 7.89. The second kappa shape index (κ2) is 8.70. The van der Waals surface area contributed by atoms with Crippen molar-refractivity contribution in [1.29, 1.82) is 5.26 Å². The Kier molecular flexibility index (Phi) is 6.66. The number of hydrogen-bond donors (Lipinski definition) is 0. The maximum Gasteiger partial charge on any atom is 0.390 e. The monoisotopic (exact) mass is 449 g/mol. The largest absolute Gasteiger partial charge is 0.390 e. The van der Waals surface area contributed by atoms with Crippen LogP contribution in [0.5, 0.6) is 0 Å². The van der Waals surface area contributed by atoms with Crippen LogP contribution < -0.4 is 4.90 Å². The zero-order chi connectivity index (χ0) is 21.2. The molecular weight excluding hydrogens is 427 g/mol. The maximum atomic E-state index is 12.5. The van der Waals surface area contributed by atoms with Crippen molar-refractivity contribution in [2.75, 3.05) is 30.3 Å². The Morgan fingerprint density at radius 3 is 2.55 bits per heavy atom. The summed E-state index contributed by atoms with van der Waals surface area (Å²) in [6, 6.07) is 7.02. The van der Waals surface area contributed by atoms with E-state index in [4.69, 9.17) is 16.9 Å². The molecule has 1 atom stereocenters. The minimum atomic E-state index is -4.50. The van der Waals surface area contributed by atoms with Gasteiger partial charge in [0.2, 0.25) is 10.0 Å². The Bertz CT molecular complexity index is 882. The molecule has 1 saturated heterocycles. The lowest BCUT2D eigenvalue weighted by Gasteiger charge is -2.37. The molecule has 3 rings (SSSR count). The molecule has 5 nitrogen and oxygen atoms in total. The number of rotatable bonds is 7. The number of nitrogens with zero attached hydrogens (tertiary/aromatic N) is 3. The summed E-state index contributed by atoms with van der Waals surface area (Å²) in [5, 5.41) is 9.41. The summed E-state index contributed by atoms with van der Waals surface area (Å²) in [6.07, 6.45) is -1.94. The fourth-order valence-electron chi connectivity index (χ4n) is 3.78. The van der Waals surface area contributed by atoms with E-state index in [1.54, 1.807) is 18.2 Å². The number of nitriles is 1. The summed E-state index contributed by atoms with van der Waals surface area (Å²) < 4.78 is 63.3. The molecule has 10 heteroatoms. The van der Waals surface area contributed by atoms with Gasteiger partial charge >= 0.3 is 6.18 Å². The highest BCUT2D eigenvalue weighted by atomic mass is 35.5. The summed E-state index contributed by atoms with van der Waals surface area (Å²) in [4.78, 5) is 2.11. The normalized spacial score (nSPS) is 21.0. The minimum absolute atomic E-state index is 0.139. The first kappa shape index (κ1) is 22.2. The predicted molar refractivity (Wildman–Crippen MR) is 105 cm³/mol. The van der Waals surface area contributed by atoms with Crippen molar-refractivity contribution in [1.82, 2.24) is 4.31 Å². The lowest BCUT2D eigenvalue weighted by molar-refractivity contribution is -0.130.